The van der Waals surface area contributed by atoms with Gasteiger partial charge in [0.2, 0.25) is 0 Å². The van der Waals surface area contributed by atoms with E-state index in [1.165, 1.54) is 31.6 Å². The van der Waals surface area contributed by atoms with Crippen molar-refractivity contribution in [2.75, 3.05) is 18.5 Å². The van der Waals surface area contributed by atoms with Crippen molar-refractivity contribution in [2.45, 2.75) is 44.6 Å². The first-order valence-corrected chi connectivity index (χ1v) is 10.5. The molecule has 2 fully saturated rings. The quantitative estimate of drug-likeness (QED) is 0.756. The van der Waals surface area contributed by atoms with Crippen molar-refractivity contribution >= 4 is 23.5 Å². The number of ether oxygens (including phenoxy) is 1. The average molecular weight is 410 g/mol. The van der Waals surface area contributed by atoms with Gasteiger partial charge in [0.1, 0.15) is 0 Å². The number of furan rings is 1. The van der Waals surface area contributed by atoms with Gasteiger partial charge in [-0.25, -0.2) is 4.79 Å². The first-order chi connectivity index (χ1) is 14.6. The van der Waals surface area contributed by atoms with Crippen LogP contribution in [0, 0.1) is 5.92 Å². The Labute approximate surface area is 175 Å². The largest absolute Gasteiger partial charge is 0.459 e. The summed E-state index contributed by atoms with van der Waals surface area (Å²) in [6, 6.07) is 9.97. The lowest BCUT2D eigenvalue weighted by molar-refractivity contribution is -0.140. The smallest absolute Gasteiger partial charge is 0.340 e. The number of hydrogen-bond acceptors (Lipinski definition) is 5. The average Bonchev–Trinajstić information content (AvgIpc) is 3.32. The van der Waals surface area contributed by atoms with Crippen LogP contribution in [0.25, 0.3) is 0 Å². The molecule has 0 bridgehead atoms. The van der Waals surface area contributed by atoms with Crippen LogP contribution < -0.4 is 5.32 Å². The molecule has 0 radical (unpaired) electrons. The fourth-order valence-corrected chi connectivity index (χ4v) is 4.58. The van der Waals surface area contributed by atoms with Gasteiger partial charge in [0.05, 0.1) is 17.5 Å². The van der Waals surface area contributed by atoms with E-state index in [4.69, 9.17) is 9.15 Å². The Bertz CT molecular complexity index is 906. The number of esters is 1. The number of fused-ring (bicyclic) bond motifs is 1. The van der Waals surface area contributed by atoms with Gasteiger partial charge in [0, 0.05) is 12.6 Å². The molecule has 0 spiro atoms. The van der Waals surface area contributed by atoms with Gasteiger partial charge >= 0.3 is 5.97 Å². The highest BCUT2D eigenvalue weighted by Gasteiger charge is 2.35. The summed E-state index contributed by atoms with van der Waals surface area (Å²) in [5.41, 5.74) is 0.501. The third-order valence-electron chi connectivity index (χ3n) is 6.03. The van der Waals surface area contributed by atoms with Gasteiger partial charge in [-0.05, 0) is 55.9 Å². The maximum absolute atomic E-state index is 12.8. The molecule has 1 aromatic heterocycles. The van der Waals surface area contributed by atoms with E-state index in [9.17, 15) is 14.4 Å². The maximum Gasteiger partial charge on any atom is 0.340 e. The molecule has 1 N–H and O–H groups in total. The summed E-state index contributed by atoms with van der Waals surface area (Å²) < 4.78 is 10.4. The Morgan fingerprint density at radius 1 is 1.03 bits per heavy atom. The highest BCUT2D eigenvalue weighted by atomic mass is 16.5. The Kier molecular flexibility index (Phi) is 6.16. The highest BCUT2D eigenvalue weighted by Crippen LogP contribution is 2.35. The number of benzene rings is 1. The van der Waals surface area contributed by atoms with Crippen molar-refractivity contribution in [1.29, 1.82) is 0 Å². The zero-order chi connectivity index (χ0) is 20.9. The fourth-order valence-electron chi connectivity index (χ4n) is 4.58. The number of likely N-dealkylation sites (tertiary alicyclic amines) is 1. The SMILES string of the molecule is O=C(Nc1ccccc1C(=O)OCC(=O)N1CCC[C@H]2CCCC[C@H]21)c1ccco1. The zero-order valence-corrected chi connectivity index (χ0v) is 16.8. The molecule has 4 rings (SSSR count). The summed E-state index contributed by atoms with van der Waals surface area (Å²) in [6.45, 7) is 0.440. The van der Waals surface area contributed by atoms with Crippen molar-refractivity contribution in [3.8, 4) is 0 Å². The van der Waals surface area contributed by atoms with Gasteiger partial charge in [0.25, 0.3) is 11.8 Å². The van der Waals surface area contributed by atoms with E-state index in [0.717, 1.165) is 25.8 Å². The Morgan fingerprint density at radius 3 is 2.67 bits per heavy atom. The van der Waals surface area contributed by atoms with E-state index >= 15 is 0 Å². The Balaban J connectivity index is 1.38. The third kappa shape index (κ3) is 4.40. The third-order valence-corrected chi connectivity index (χ3v) is 6.03. The molecule has 1 saturated heterocycles. The lowest BCUT2D eigenvalue weighted by Gasteiger charge is -2.44. The number of piperidine rings is 1. The van der Waals surface area contributed by atoms with Gasteiger partial charge < -0.3 is 19.4 Å². The zero-order valence-electron chi connectivity index (χ0n) is 16.8. The number of nitrogens with zero attached hydrogens (tertiary/aromatic N) is 1. The number of nitrogens with one attached hydrogen (secondary N) is 1. The lowest BCUT2D eigenvalue weighted by atomic mass is 9.78. The first kappa shape index (κ1) is 20.2. The second kappa shape index (κ2) is 9.15. The van der Waals surface area contributed by atoms with E-state index < -0.39 is 11.9 Å². The highest BCUT2D eigenvalue weighted by molar-refractivity contribution is 6.06. The topological polar surface area (TPSA) is 88.8 Å². The first-order valence-electron chi connectivity index (χ1n) is 10.5. The van der Waals surface area contributed by atoms with Gasteiger partial charge in [-0.1, -0.05) is 25.0 Å². The van der Waals surface area contributed by atoms with Gasteiger partial charge in [-0.3, -0.25) is 9.59 Å². The van der Waals surface area contributed by atoms with Gasteiger partial charge in [0.15, 0.2) is 12.4 Å². The number of carbonyl (C=O) groups excluding carboxylic acids is 3. The molecule has 158 valence electrons. The second-order valence-electron chi connectivity index (χ2n) is 7.89. The predicted molar refractivity (Wildman–Crippen MR) is 110 cm³/mol. The van der Waals surface area contributed by atoms with E-state index in [-0.39, 0.29) is 29.9 Å². The van der Waals surface area contributed by atoms with Crippen LogP contribution in [0.15, 0.2) is 47.1 Å². The predicted octanol–water partition coefficient (Wildman–Crippen LogP) is 3.87. The summed E-state index contributed by atoms with van der Waals surface area (Å²) in [5.74, 6) is -0.536. The summed E-state index contributed by atoms with van der Waals surface area (Å²) in [6.07, 6.45) is 8.17. The monoisotopic (exact) mass is 410 g/mol. The van der Waals surface area contributed by atoms with Gasteiger partial charge in [-0.15, -0.1) is 0 Å². The second-order valence-corrected chi connectivity index (χ2v) is 7.89. The van der Waals surface area contributed by atoms with Crippen LogP contribution in [0.2, 0.25) is 0 Å². The van der Waals surface area contributed by atoms with E-state index in [0.29, 0.717) is 11.6 Å². The molecular formula is C23H26N2O5. The van der Waals surface area contributed by atoms with Crippen molar-refractivity contribution in [3.05, 3.63) is 54.0 Å². The maximum atomic E-state index is 12.8. The van der Waals surface area contributed by atoms with Crippen LogP contribution in [-0.4, -0.2) is 41.9 Å². The van der Waals surface area contributed by atoms with Crippen LogP contribution in [0.4, 0.5) is 5.69 Å². The molecule has 2 aliphatic rings. The normalized spacial score (nSPS) is 20.9. The number of hydrogen-bond donors (Lipinski definition) is 1. The summed E-state index contributed by atoms with van der Waals surface area (Å²) in [7, 11) is 0. The molecule has 1 aliphatic carbocycles. The van der Waals surface area contributed by atoms with Crippen molar-refractivity contribution in [1.82, 2.24) is 4.90 Å². The van der Waals surface area contributed by atoms with Crippen LogP contribution in [0.1, 0.15) is 59.4 Å². The van der Waals surface area contributed by atoms with Crippen LogP contribution in [-0.2, 0) is 9.53 Å². The minimum Gasteiger partial charge on any atom is -0.459 e. The van der Waals surface area contributed by atoms with E-state index in [2.05, 4.69) is 5.32 Å². The van der Waals surface area contributed by atoms with Crippen LogP contribution in [0.5, 0.6) is 0 Å². The summed E-state index contributed by atoms with van der Waals surface area (Å²) in [5, 5.41) is 2.65. The molecular weight excluding hydrogens is 384 g/mol. The minimum absolute atomic E-state index is 0.139. The standard InChI is InChI=1S/C23H26N2O5/c26-21(25-13-5-8-16-7-1-4-11-19(16)25)15-30-23(28)17-9-2-3-10-18(17)24-22(27)20-12-6-14-29-20/h2-3,6,9-10,12,14,16,19H,1,4-5,7-8,11,13,15H2,(H,24,27)/t16-,19-/m1/s1. The van der Waals surface area contributed by atoms with Crippen LogP contribution >= 0.6 is 0 Å². The molecule has 30 heavy (non-hydrogen) atoms. The Morgan fingerprint density at radius 2 is 1.83 bits per heavy atom. The van der Waals surface area contributed by atoms with Gasteiger partial charge in [-0.2, -0.15) is 0 Å². The molecule has 1 saturated carbocycles. The van der Waals surface area contributed by atoms with Crippen molar-refractivity contribution in [3.63, 3.8) is 0 Å². The molecule has 2 amide bonds. The lowest BCUT2D eigenvalue weighted by Crippen LogP contribution is -2.50. The number of rotatable bonds is 5. The Hall–Kier alpha value is -3.09. The number of carbonyl (C=O) groups is 3. The van der Waals surface area contributed by atoms with E-state index in [1.54, 1.807) is 30.3 Å². The van der Waals surface area contributed by atoms with E-state index in [1.807, 2.05) is 4.90 Å². The molecule has 2 atom stereocenters. The van der Waals surface area contributed by atoms with Crippen molar-refractivity contribution < 1.29 is 23.5 Å². The molecule has 7 nitrogen and oxygen atoms in total. The number of para-hydroxylation sites is 1. The fraction of sp³-hybridized carbons (Fsp3) is 0.435. The molecule has 1 aromatic carbocycles. The van der Waals surface area contributed by atoms with Crippen LogP contribution in [0.3, 0.4) is 0 Å². The molecule has 2 aromatic rings. The summed E-state index contributed by atoms with van der Waals surface area (Å²) >= 11 is 0. The molecule has 2 heterocycles. The molecule has 7 heteroatoms. The summed E-state index contributed by atoms with van der Waals surface area (Å²) in [4.78, 5) is 39.6. The number of amides is 2. The van der Waals surface area contributed by atoms with Crippen molar-refractivity contribution in [2.24, 2.45) is 5.92 Å². The molecule has 1 aliphatic heterocycles. The molecule has 0 unspecified atom stereocenters. The number of anilines is 1. The minimum atomic E-state index is -0.643.